The van der Waals surface area contributed by atoms with Crippen molar-refractivity contribution in [1.82, 2.24) is 5.32 Å². The predicted molar refractivity (Wildman–Crippen MR) is 82.0 cm³/mol. The maximum atomic E-state index is 11.1. The van der Waals surface area contributed by atoms with Gasteiger partial charge in [-0.15, -0.1) is 0 Å². The van der Waals surface area contributed by atoms with Crippen LogP contribution in [0.15, 0.2) is 24.3 Å². The minimum Gasteiger partial charge on any atom is -0.481 e. The van der Waals surface area contributed by atoms with Crippen molar-refractivity contribution in [2.75, 3.05) is 6.61 Å². The van der Waals surface area contributed by atoms with E-state index in [0.717, 1.165) is 32.2 Å². The molecule has 21 heavy (non-hydrogen) atoms. The fourth-order valence-corrected chi connectivity index (χ4v) is 2.94. The third kappa shape index (κ3) is 4.83. The van der Waals surface area contributed by atoms with Crippen LogP contribution in [0.2, 0.25) is 0 Å². The number of rotatable bonds is 7. The second kappa shape index (κ2) is 8.15. The van der Waals surface area contributed by atoms with Crippen LogP contribution in [0.5, 0.6) is 0 Å². The summed E-state index contributed by atoms with van der Waals surface area (Å²) in [5.74, 6) is -0.840. The second-order valence-electron chi connectivity index (χ2n) is 5.69. The molecule has 4 heteroatoms. The Balaban J connectivity index is 1.89. The SMILES string of the molecule is CCOCc1ccccc1CNC1CCCC(C(=O)O)C1. The molecule has 0 radical (unpaired) electrons. The molecule has 0 amide bonds. The normalized spacial score (nSPS) is 22.1. The molecule has 1 fully saturated rings. The molecular formula is C17H25NO3. The Bertz CT molecular complexity index is 461. The van der Waals surface area contributed by atoms with Crippen LogP contribution >= 0.6 is 0 Å². The molecule has 0 aromatic heterocycles. The number of hydrogen-bond acceptors (Lipinski definition) is 3. The van der Waals surface area contributed by atoms with E-state index >= 15 is 0 Å². The summed E-state index contributed by atoms with van der Waals surface area (Å²) < 4.78 is 5.50. The average molecular weight is 291 g/mol. The van der Waals surface area contributed by atoms with Crippen molar-refractivity contribution in [2.45, 2.75) is 51.8 Å². The van der Waals surface area contributed by atoms with Crippen LogP contribution in [0, 0.1) is 5.92 Å². The molecule has 2 unspecified atom stereocenters. The highest BCUT2D eigenvalue weighted by Crippen LogP contribution is 2.25. The lowest BCUT2D eigenvalue weighted by atomic mass is 9.85. The number of carboxylic acid groups (broad SMARTS) is 1. The molecule has 1 aliphatic rings. The number of aliphatic carboxylic acids is 1. The van der Waals surface area contributed by atoms with Crippen LogP contribution < -0.4 is 5.32 Å². The summed E-state index contributed by atoms with van der Waals surface area (Å²) in [4.78, 5) is 11.1. The lowest BCUT2D eigenvalue weighted by Crippen LogP contribution is -2.36. The standard InChI is InChI=1S/C17H25NO3/c1-2-21-12-15-7-4-3-6-14(15)11-18-16-9-5-8-13(10-16)17(19)20/h3-4,6-7,13,16,18H,2,5,8-12H2,1H3,(H,19,20). The summed E-state index contributed by atoms with van der Waals surface area (Å²) in [6.07, 6.45) is 3.62. The Labute approximate surface area is 126 Å². The molecule has 0 aliphatic heterocycles. The van der Waals surface area contributed by atoms with Gasteiger partial charge < -0.3 is 15.2 Å². The van der Waals surface area contributed by atoms with E-state index in [9.17, 15) is 4.79 Å². The number of carbonyl (C=O) groups is 1. The van der Waals surface area contributed by atoms with Crippen LogP contribution in [0.1, 0.15) is 43.7 Å². The third-order valence-electron chi connectivity index (χ3n) is 4.18. The fourth-order valence-electron chi connectivity index (χ4n) is 2.94. The summed E-state index contributed by atoms with van der Waals surface area (Å²) in [6.45, 7) is 4.12. The van der Waals surface area contributed by atoms with Gasteiger partial charge in [0.25, 0.3) is 0 Å². The van der Waals surface area contributed by atoms with Gasteiger partial charge >= 0.3 is 5.97 Å². The molecule has 0 heterocycles. The first-order valence-corrected chi connectivity index (χ1v) is 7.81. The topological polar surface area (TPSA) is 58.6 Å². The third-order valence-corrected chi connectivity index (χ3v) is 4.18. The van der Waals surface area contributed by atoms with Gasteiger partial charge in [0.05, 0.1) is 12.5 Å². The Morgan fingerprint density at radius 1 is 1.33 bits per heavy atom. The molecule has 4 nitrogen and oxygen atoms in total. The molecule has 0 bridgehead atoms. The summed E-state index contributed by atoms with van der Waals surface area (Å²) in [5.41, 5.74) is 2.45. The van der Waals surface area contributed by atoms with E-state index in [-0.39, 0.29) is 5.92 Å². The van der Waals surface area contributed by atoms with Crippen LogP contribution in [0.3, 0.4) is 0 Å². The monoisotopic (exact) mass is 291 g/mol. The Kier molecular flexibility index (Phi) is 6.21. The highest BCUT2D eigenvalue weighted by molar-refractivity contribution is 5.70. The smallest absolute Gasteiger partial charge is 0.306 e. The van der Waals surface area contributed by atoms with Crippen molar-refractivity contribution >= 4 is 5.97 Å². The average Bonchev–Trinajstić information content (AvgIpc) is 2.52. The number of nitrogens with one attached hydrogen (secondary N) is 1. The Morgan fingerprint density at radius 2 is 2.10 bits per heavy atom. The predicted octanol–water partition coefficient (Wildman–Crippen LogP) is 2.96. The van der Waals surface area contributed by atoms with E-state index in [1.165, 1.54) is 11.1 Å². The van der Waals surface area contributed by atoms with E-state index in [0.29, 0.717) is 19.3 Å². The van der Waals surface area contributed by atoms with Gasteiger partial charge in [-0.2, -0.15) is 0 Å². The van der Waals surface area contributed by atoms with Gasteiger partial charge in [-0.1, -0.05) is 30.7 Å². The fraction of sp³-hybridized carbons (Fsp3) is 0.588. The molecular weight excluding hydrogens is 266 g/mol. The molecule has 1 aromatic carbocycles. The van der Waals surface area contributed by atoms with Gasteiger partial charge in [-0.05, 0) is 37.3 Å². The molecule has 1 saturated carbocycles. The number of carboxylic acids is 1. The molecule has 0 saturated heterocycles. The van der Waals surface area contributed by atoms with Gasteiger partial charge in [-0.25, -0.2) is 0 Å². The zero-order chi connectivity index (χ0) is 15.1. The number of benzene rings is 1. The van der Waals surface area contributed by atoms with Crippen molar-refractivity contribution in [1.29, 1.82) is 0 Å². The maximum absolute atomic E-state index is 11.1. The van der Waals surface area contributed by atoms with Crippen molar-refractivity contribution in [3.63, 3.8) is 0 Å². The van der Waals surface area contributed by atoms with Gasteiger partial charge in [0.2, 0.25) is 0 Å². The lowest BCUT2D eigenvalue weighted by molar-refractivity contribution is -0.143. The molecule has 2 atom stereocenters. The minimum absolute atomic E-state index is 0.185. The quantitative estimate of drug-likeness (QED) is 0.811. The molecule has 116 valence electrons. The first-order valence-electron chi connectivity index (χ1n) is 7.81. The molecule has 1 aliphatic carbocycles. The second-order valence-corrected chi connectivity index (χ2v) is 5.69. The van der Waals surface area contributed by atoms with Crippen LogP contribution in [0.4, 0.5) is 0 Å². The summed E-state index contributed by atoms with van der Waals surface area (Å²) in [7, 11) is 0. The van der Waals surface area contributed by atoms with Crippen molar-refractivity contribution < 1.29 is 14.6 Å². The largest absolute Gasteiger partial charge is 0.481 e. The van der Waals surface area contributed by atoms with E-state index in [1.807, 2.05) is 19.1 Å². The number of ether oxygens (including phenoxy) is 1. The van der Waals surface area contributed by atoms with Crippen LogP contribution in [-0.4, -0.2) is 23.7 Å². The van der Waals surface area contributed by atoms with E-state index in [4.69, 9.17) is 9.84 Å². The highest BCUT2D eigenvalue weighted by Gasteiger charge is 2.26. The molecule has 2 N–H and O–H groups in total. The van der Waals surface area contributed by atoms with Crippen molar-refractivity contribution in [3.8, 4) is 0 Å². The molecule has 1 aromatic rings. The maximum Gasteiger partial charge on any atom is 0.306 e. The van der Waals surface area contributed by atoms with Crippen LogP contribution in [0.25, 0.3) is 0 Å². The van der Waals surface area contributed by atoms with Crippen LogP contribution in [-0.2, 0) is 22.7 Å². The van der Waals surface area contributed by atoms with Gasteiger partial charge in [0.1, 0.15) is 0 Å². The van der Waals surface area contributed by atoms with E-state index in [2.05, 4.69) is 17.4 Å². The van der Waals surface area contributed by atoms with E-state index < -0.39 is 5.97 Å². The minimum atomic E-state index is -0.654. The highest BCUT2D eigenvalue weighted by atomic mass is 16.5. The first-order chi connectivity index (χ1) is 10.2. The summed E-state index contributed by atoms with van der Waals surface area (Å²) >= 11 is 0. The van der Waals surface area contributed by atoms with Gasteiger partial charge in [0, 0.05) is 19.2 Å². The lowest BCUT2D eigenvalue weighted by Gasteiger charge is -2.27. The van der Waals surface area contributed by atoms with Crippen molar-refractivity contribution in [3.05, 3.63) is 35.4 Å². The zero-order valence-electron chi connectivity index (χ0n) is 12.7. The summed E-state index contributed by atoms with van der Waals surface area (Å²) in [5, 5.41) is 12.7. The zero-order valence-corrected chi connectivity index (χ0v) is 12.7. The van der Waals surface area contributed by atoms with E-state index in [1.54, 1.807) is 0 Å². The number of hydrogen-bond donors (Lipinski definition) is 2. The van der Waals surface area contributed by atoms with Gasteiger partial charge in [-0.3, -0.25) is 4.79 Å². The van der Waals surface area contributed by atoms with Crippen molar-refractivity contribution in [2.24, 2.45) is 5.92 Å². The summed E-state index contributed by atoms with van der Waals surface area (Å²) in [6, 6.07) is 8.57. The Morgan fingerprint density at radius 3 is 2.81 bits per heavy atom. The molecule has 0 spiro atoms. The molecule has 2 rings (SSSR count). The van der Waals surface area contributed by atoms with Gasteiger partial charge in [0.15, 0.2) is 0 Å². The Hall–Kier alpha value is -1.39. The first kappa shape index (κ1) is 16.0.